The van der Waals surface area contributed by atoms with Gasteiger partial charge in [0.2, 0.25) is 0 Å². The van der Waals surface area contributed by atoms with Crippen LogP contribution in [0.4, 0.5) is 11.4 Å². The van der Waals surface area contributed by atoms with Crippen LogP contribution in [0.3, 0.4) is 0 Å². The van der Waals surface area contributed by atoms with E-state index in [-0.39, 0.29) is 11.7 Å². The minimum atomic E-state index is -0.0837. The Morgan fingerprint density at radius 2 is 1.90 bits per heavy atom. The lowest BCUT2D eigenvalue weighted by atomic mass is 10.1. The topological polar surface area (TPSA) is 52.6 Å². The number of hydrogen-bond donors (Lipinski definition) is 2. The molecule has 4 heteroatoms. The molecule has 0 aromatic heterocycles. The van der Waals surface area contributed by atoms with Crippen molar-refractivity contribution in [3.8, 4) is 5.75 Å². The summed E-state index contributed by atoms with van der Waals surface area (Å²) in [4.78, 5) is 14.4. The number of carbonyl (C=O) groups is 1. The van der Waals surface area contributed by atoms with Crippen molar-refractivity contribution >= 4 is 17.3 Å². The molecule has 0 aliphatic rings. The summed E-state index contributed by atoms with van der Waals surface area (Å²) in [7, 11) is 0. The highest BCUT2D eigenvalue weighted by molar-refractivity contribution is 6.09. The van der Waals surface area contributed by atoms with Crippen LogP contribution in [0, 0.1) is 0 Å². The molecule has 2 aromatic rings. The van der Waals surface area contributed by atoms with Crippen molar-refractivity contribution in [2.45, 2.75) is 13.8 Å². The summed E-state index contributed by atoms with van der Waals surface area (Å²) in [6.07, 6.45) is 0. The van der Waals surface area contributed by atoms with Gasteiger partial charge in [0.05, 0.1) is 5.56 Å². The molecule has 0 aliphatic heterocycles. The van der Waals surface area contributed by atoms with Crippen molar-refractivity contribution in [1.29, 1.82) is 0 Å². The lowest BCUT2D eigenvalue weighted by Gasteiger charge is -2.22. The van der Waals surface area contributed by atoms with Gasteiger partial charge in [0.15, 0.2) is 0 Å². The van der Waals surface area contributed by atoms with E-state index in [1.165, 1.54) is 0 Å². The maximum atomic E-state index is 12.8. The van der Waals surface area contributed by atoms with Gasteiger partial charge in [-0.05, 0) is 38.1 Å². The second-order valence-corrected chi connectivity index (χ2v) is 4.65. The predicted molar refractivity (Wildman–Crippen MR) is 86.1 cm³/mol. The van der Waals surface area contributed by atoms with Crippen molar-refractivity contribution in [1.82, 2.24) is 0 Å². The number of amides is 1. The SMILES string of the molecule is CCNc1ccccc1C(=O)N(CC)c1cccc(O)c1. The summed E-state index contributed by atoms with van der Waals surface area (Å²) >= 11 is 0. The van der Waals surface area contributed by atoms with Crippen LogP contribution in [0.5, 0.6) is 5.75 Å². The first kappa shape index (κ1) is 14.9. The number of anilines is 2. The van der Waals surface area contributed by atoms with Gasteiger partial charge in [-0.25, -0.2) is 0 Å². The zero-order valence-corrected chi connectivity index (χ0v) is 12.3. The Balaban J connectivity index is 2.37. The Kier molecular flexibility index (Phi) is 4.82. The third-order valence-corrected chi connectivity index (χ3v) is 3.23. The fourth-order valence-electron chi connectivity index (χ4n) is 2.26. The van der Waals surface area contributed by atoms with E-state index in [4.69, 9.17) is 0 Å². The van der Waals surface area contributed by atoms with Gasteiger partial charge >= 0.3 is 0 Å². The van der Waals surface area contributed by atoms with E-state index < -0.39 is 0 Å². The van der Waals surface area contributed by atoms with Crippen LogP contribution in [-0.4, -0.2) is 24.1 Å². The van der Waals surface area contributed by atoms with Crippen molar-refractivity contribution in [3.05, 3.63) is 54.1 Å². The van der Waals surface area contributed by atoms with E-state index in [1.54, 1.807) is 23.1 Å². The zero-order chi connectivity index (χ0) is 15.2. The molecule has 2 rings (SSSR count). The van der Waals surface area contributed by atoms with Crippen LogP contribution in [0.25, 0.3) is 0 Å². The molecule has 2 N–H and O–H groups in total. The minimum Gasteiger partial charge on any atom is -0.508 e. The summed E-state index contributed by atoms with van der Waals surface area (Å²) in [5.74, 6) is 0.0679. The Labute approximate surface area is 125 Å². The molecule has 0 aliphatic carbocycles. The van der Waals surface area contributed by atoms with Gasteiger partial charge in [-0.1, -0.05) is 18.2 Å². The quantitative estimate of drug-likeness (QED) is 0.883. The molecule has 0 fully saturated rings. The molecule has 0 spiro atoms. The second-order valence-electron chi connectivity index (χ2n) is 4.65. The summed E-state index contributed by atoms with van der Waals surface area (Å²) in [5, 5.41) is 12.8. The van der Waals surface area contributed by atoms with Crippen molar-refractivity contribution in [2.24, 2.45) is 0 Å². The first-order chi connectivity index (χ1) is 10.2. The minimum absolute atomic E-state index is 0.0837. The van der Waals surface area contributed by atoms with Crippen LogP contribution < -0.4 is 10.2 Å². The third kappa shape index (κ3) is 3.34. The first-order valence-electron chi connectivity index (χ1n) is 7.11. The third-order valence-electron chi connectivity index (χ3n) is 3.23. The number of nitrogens with one attached hydrogen (secondary N) is 1. The van der Waals surface area contributed by atoms with Gasteiger partial charge in [-0.15, -0.1) is 0 Å². The van der Waals surface area contributed by atoms with E-state index in [0.717, 1.165) is 12.2 Å². The van der Waals surface area contributed by atoms with E-state index >= 15 is 0 Å². The number of aromatic hydroxyl groups is 1. The number of rotatable bonds is 5. The molecule has 0 unspecified atom stereocenters. The molecule has 0 bridgehead atoms. The van der Waals surface area contributed by atoms with E-state index in [1.807, 2.05) is 44.2 Å². The largest absolute Gasteiger partial charge is 0.508 e. The predicted octanol–water partition coefficient (Wildman–Crippen LogP) is 3.49. The van der Waals surface area contributed by atoms with Gasteiger partial charge in [-0.2, -0.15) is 0 Å². The molecule has 2 aromatic carbocycles. The summed E-state index contributed by atoms with van der Waals surface area (Å²) in [6.45, 7) is 5.19. The second kappa shape index (κ2) is 6.79. The van der Waals surface area contributed by atoms with Gasteiger partial charge in [0.1, 0.15) is 5.75 Å². The average molecular weight is 284 g/mol. The Morgan fingerprint density at radius 3 is 2.57 bits per heavy atom. The zero-order valence-electron chi connectivity index (χ0n) is 12.3. The summed E-state index contributed by atoms with van der Waals surface area (Å²) in [6, 6.07) is 14.2. The first-order valence-corrected chi connectivity index (χ1v) is 7.11. The van der Waals surface area contributed by atoms with Crippen molar-refractivity contribution in [3.63, 3.8) is 0 Å². The normalized spacial score (nSPS) is 10.2. The molecule has 0 saturated heterocycles. The van der Waals surface area contributed by atoms with Gasteiger partial charge in [0.25, 0.3) is 5.91 Å². The van der Waals surface area contributed by atoms with Crippen molar-refractivity contribution in [2.75, 3.05) is 23.3 Å². The Morgan fingerprint density at radius 1 is 1.14 bits per heavy atom. The van der Waals surface area contributed by atoms with Crippen LogP contribution in [0.2, 0.25) is 0 Å². The van der Waals surface area contributed by atoms with Crippen LogP contribution in [0.1, 0.15) is 24.2 Å². The fourth-order valence-corrected chi connectivity index (χ4v) is 2.26. The monoisotopic (exact) mass is 284 g/mol. The van der Waals surface area contributed by atoms with Gasteiger partial charge in [0, 0.05) is 30.5 Å². The Bertz CT molecular complexity index is 626. The highest BCUT2D eigenvalue weighted by Crippen LogP contribution is 2.24. The number of nitrogens with zero attached hydrogens (tertiary/aromatic N) is 1. The van der Waals surface area contributed by atoms with Gasteiger partial charge < -0.3 is 15.3 Å². The highest BCUT2D eigenvalue weighted by atomic mass is 16.3. The molecule has 21 heavy (non-hydrogen) atoms. The smallest absolute Gasteiger partial charge is 0.260 e. The van der Waals surface area contributed by atoms with Crippen LogP contribution >= 0.6 is 0 Å². The molecule has 110 valence electrons. The maximum absolute atomic E-state index is 12.8. The number of benzene rings is 2. The van der Waals surface area contributed by atoms with Crippen LogP contribution in [-0.2, 0) is 0 Å². The molecule has 1 amide bonds. The van der Waals surface area contributed by atoms with E-state index in [9.17, 15) is 9.90 Å². The molecule has 0 atom stereocenters. The Hall–Kier alpha value is -2.49. The van der Waals surface area contributed by atoms with E-state index in [0.29, 0.717) is 17.8 Å². The lowest BCUT2D eigenvalue weighted by Crippen LogP contribution is -2.31. The molecular formula is C17H20N2O2. The van der Waals surface area contributed by atoms with Gasteiger partial charge in [-0.3, -0.25) is 4.79 Å². The molecular weight excluding hydrogens is 264 g/mol. The molecule has 4 nitrogen and oxygen atoms in total. The number of hydrogen-bond acceptors (Lipinski definition) is 3. The average Bonchev–Trinajstić information content (AvgIpc) is 2.49. The molecule has 0 saturated carbocycles. The summed E-state index contributed by atoms with van der Waals surface area (Å²) in [5.41, 5.74) is 2.14. The lowest BCUT2D eigenvalue weighted by molar-refractivity contribution is 0.0989. The molecule has 0 radical (unpaired) electrons. The maximum Gasteiger partial charge on any atom is 0.260 e. The fraction of sp³-hybridized carbons (Fsp3) is 0.235. The van der Waals surface area contributed by atoms with E-state index in [2.05, 4.69) is 5.32 Å². The number of phenolic OH excluding ortho intramolecular Hbond substituents is 1. The highest BCUT2D eigenvalue weighted by Gasteiger charge is 2.19. The number of phenols is 1. The molecule has 0 heterocycles. The standard InChI is InChI=1S/C17H20N2O2/c1-3-18-16-11-6-5-10-15(16)17(21)19(4-2)13-8-7-9-14(20)12-13/h5-12,18,20H,3-4H2,1-2H3. The van der Waals surface area contributed by atoms with Crippen LogP contribution in [0.15, 0.2) is 48.5 Å². The number of carbonyl (C=O) groups excluding carboxylic acids is 1. The summed E-state index contributed by atoms with van der Waals surface area (Å²) < 4.78 is 0. The van der Waals surface area contributed by atoms with Crippen molar-refractivity contribution < 1.29 is 9.90 Å². The number of para-hydroxylation sites is 1.